The van der Waals surface area contributed by atoms with Gasteiger partial charge in [0.05, 0.1) is 6.42 Å². The number of benzene rings is 3. The second-order valence-corrected chi connectivity index (χ2v) is 8.32. The van der Waals surface area contributed by atoms with E-state index in [0.29, 0.717) is 36.0 Å². The molecule has 7 nitrogen and oxygen atoms in total. The van der Waals surface area contributed by atoms with E-state index in [1.807, 2.05) is 61.5 Å². The van der Waals surface area contributed by atoms with Gasteiger partial charge in [-0.15, -0.1) is 0 Å². The number of aryl methyl sites for hydroxylation is 1. The minimum atomic E-state index is -0.856. The van der Waals surface area contributed by atoms with E-state index in [-0.39, 0.29) is 18.2 Å². The van der Waals surface area contributed by atoms with Crippen molar-refractivity contribution in [2.45, 2.75) is 19.4 Å². The van der Waals surface area contributed by atoms with Crippen LogP contribution >= 0.6 is 0 Å². The van der Waals surface area contributed by atoms with Crippen molar-refractivity contribution in [3.63, 3.8) is 0 Å². The fourth-order valence-electron chi connectivity index (χ4n) is 4.01. The highest BCUT2D eigenvalue weighted by molar-refractivity contribution is 5.98. The maximum Gasteiger partial charge on any atom is 0.251 e. The molecule has 4 aromatic rings. The number of H-pyrrole nitrogens is 1. The zero-order chi connectivity index (χ0) is 23.5. The number of aromatic amines is 1. The lowest BCUT2D eigenvalue weighted by molar-refractivity contribution is -0.126. The number of carbonyl (C=O) groups is 2. The van der Waals surface area contributed by atoms with Crippen LogP contribution in [0.2, 0.25) is 0 Å². The third-order valence-corrected chi connectivity index (χ3v) is 5.72. The summed E-state index contributed by atoms with van der Waals surface area (Å²) in [5, 5.41) is 6.84. The summed E-state index contributed by atoms with van der Waals surface area (Å²) in [6, 6.07) is 21.7. The predicted octanol–water partition coefficient (Wildman–Crippen LogP) is 4.29. The minimum absolute atomic E-state index is 0.133. The molecule has 34 heavy (non-hydrogen) atoms. The Kier molecular flexibility index (Phi) is 5.91. The topological polar surface area (TPSA) is 92.5 Å². The highest BCUT2D eigenvalue weighted by atomic mass is 16.6. The fraction of sp³-hybridized carbons (Fsp3) is 0.185. The summed E-state index contributed by atoms with van der Waals surface area (Å²) in [4.78, 5) is 29.5. The van der Waals surface area contributed by atoms with Crippen LogP contribution in [-0.2, 0) is 16.0 Å². The Hall–Kier alpha value is -4.26. The van der Waals surface area contributed by atoms with Gasteiger partial charge in [-0.25, -0.2) is 0 Å². The van der Waals surface area contributed by atoms with Gasteiger partial charge in [0.15, 0.2) is 11.5 Å². The zero-order valence-electron chi connectivity index (χ0n) is 18.8. The quantitative estimate of drug-likeness (QED) is 0.405. The highest BCUT2D eigenvalue weighted by Gasteiger charge is 2.24. The molecular weight excluding hydrogens is 430 g/mol. The smallest absolute Gasteiger partial charge is 0.251 e. The molecule has 0 spiro atoms. The average Bonchev–Trinajstić information content (AvgIpc) is 3.25. The summed E-state index contributed by atoms with van der Waals surface area (Å²) in [5.41, 5.74) is 4.09. The molecule has 0 saturated heterocycles. The Balaban J connectivity index is 1.34. The van der Waals surface area contributed by atoms with E-state index in [9.17, 15) is 9.59 Å². The number of fused-ring (bicyclic) bond motifs is 2. The minimum Gasteiger partial charge on any atom is -0.486 e. The van der Waals surface area contributed by atoms with Gasteiger partial charge < -0.3 is 25.1 Å². The van der Waals surface area contributed by atoms with Gasteiger partial charge in [-0.1, -0.05) is 48.0 Å². The van der Waals surface area contributed by atoms with E-state index in [1.54, 1.807) is 18.2 Å². The van der Waals surface area contributed by atoms with Gasteiger partial charge in [0, 0.05) is 23.0 Å². The number of anilines is 1. The summed E-state index contributed by atoms with van der Waals surface area (Å²) < 4.78 is 11.2. The lowest BCUT2D eigenvalue weighted by Gasteiger charge is -2.21. The average molecular weight is 456 g/mol. The number of para-hydroxylation sites is 1. The largest absolute Gasteiger partial charge is 0.486 e. The predicted molar refractivity (Wildman–Crippen MR) is 130 cm³/mol. The van der Waals surface area contributed by atoms with Crippen LogP contribution in [0, 0.1) is 6.92 Å². The number of hydrogen-bond acceptors (Lipinski definition) is 4. The molecule has 5 rings (SSSR count). The normalized spacial score (nSPS) is 13.3. The standard InChI is InChI=1S/C27H25N3O4/c1-17-6-8-18(9-7-17)26(27(32)29-20-10-11-23-24(15-20)34-13-12-33-23)30-25(31)16-21-14-19-4-2-3-5-22(19)28-21/h2-11,14-15,26,28H,12-13,16H2,1H3,(H,29,32)(H,30,31)/t26-/m1/s1. The molecule has 0 bridgehead atoms. The van der Waals surface area contributed by atoms with Gasteiger partial charge in [-0.3, -0.25) is 9.59 Å². The molecule has 3 N–H and O–H groups in total. The molecule has 3 aromatic carbocycles. The number of ether oxygens (including phenoxy) is 2. The number of carbonyl (C=O) groups excluding carboxylic acids is 2. The molecule has 2 amide bonds. The number of rotatable bonds is 6. The summed E-state index contributed by atoms with van der Waals surface area (Å²) in [6.07, 6.45) is 0.133. The first-order valence-electron chi connectivity index (χ1n) is 11.2. The Bertz CT molecular complexity index is 1310. The molecule has 2 heterocycles. The molecule has 1 aromatic heterocycles. The molecule has 0 saturated carbocycles. The zero-order valence-corrected chi connectivity index (χ0v) is 18.8. The Morgan fingerprint density at radius 2 is 1.71 bits per heavy atom. The second kappa shape index (κ2) is 9.31. The van der Waals surface area contributed by atoms with Crippen molar-refractivity contribution in [2.75, 3.05) is 18.5 Å². The van der Waals surface area contributed by atoms with Crippen LogP contribution < -0.4 is 20.1 Å². The fourth-order valence-corrected chi connectivity index (χ4v) is 4.01. The van der Waals surface area contributed by atoms with E-state index < -0.39 is 6.04 Å². The number of hydrogen-bond donors (Lipinski definition) is 3. The molecule has 0 radical (unpaired) electrons. The van der Waals surface area contributed by atoms with Gasteiger partial charge in [0.2, 0.25) is 5.91 Å². The second-order valence-electron chi connectivity index (χ2n) is 8.32. The van der Waals surface area contributed by atoms with Crippen LogP contribution in [0.15, 0.2) is 72.8 Å². The van der Waals surface area contributed by atoms with Crippen molar-refractivity contribution in [1.82, 2.24) is 10.3 Å². The number of aromatic nitrogens is 1. The van der Waals surface area contributed by atoms with E-state index in [0.717, 1.165) is 22.2 Å². The van der Waals surface area contributed by atoms with E-state index in [1.165, 1.54) is 0 Å². The first-order chi connectivity index (χ1) is 16.5. The van der Waals surface area contributed by atoms with Crippen LogP contribution in [0.3, 0.4) is 0 Å². The van der Waals surface area contributed by atoms with Gasteiger partial charge in [-0.2, -0.15) is 0 Å². The monoisotopic (exact) mass is 455 g/mol. The molecule has 172 valence electrons. The lowest BCUT2D eigenvalue weighted by atomic mass is 10.0. The van der Waals surface area contributed by atoms with Gasteiger partial charge in [0.25, 0.3) is 5.91 Å². The van der Waals surface area contributed by atoms with Gasteiger partial charge in [-0.05, 0) is 42.1 Å². The van der Waals surface area contributed by atoms with Crippen molar-refractivity contribution < 1.29 is 19.1 Å². The Morgan fingerprint density at radius 1 is 0.941 bits per heavy atom. The van der Waals surface area contributed by atoms with Crippen LogP contribution in [0.1, 0.15) is 22.9 Å². The first kappa shape index (κ1) is 21.6. The lowest BCUT2D eigenvalue weighted by Crippen LogP contribution is -2.37. The van der Waals surface area contributed by atoms with Gasteiger partial charge in [0.1, 0.15) is 19.3 Å². The molecule has 0 fully saturated rings. The van der Waals surface area contributed by atoms with Crippen LogP contribution in [-0.4, -0.2) is 30.0 Å². The maximum absolute atomic E-state index is 13.3. The molecule has 7 heteroatoms. The van der Waals surface area contributed by atoms with E-state index in [4.69, 9.17) is 9.47 Å². The summed E-state index contributed by atoms with van der Waals surface area (Å²) >= 11 is 0. The van der Waals surface area contributed by atoms with Crippen molar-refractivity contribution in [3.8, 4) is 11.5 Å². The molecular formula is C27H25N3O4. The summed E-state index contributed by atoms with van der Waals surface area (Å²) in [6.45, 7) is 2.93. The van der Waals surface area contributed by atoms with Crippen LogP contribution in [0.4, 0.5) is 5.69 Å². The van der Waals surface area contributed by atoms with Gasteiger partial charge >= 0.3 is 0 Å². The molecule has 1 aliphatic heterocycles. The molecule has 1 aliphatic rings. The van der Waals surface area contributed by atoms with Crippen molar-refractivity contribution in [3.05, 3.63) is 89.6 Å². The third kappa shape index (κ3) is 4.73. The summed E-state index contributed by atoms with van der Waals surface area (Å²) in [5.74, 6) is 0.629. The third-order valence-electron chi connectivity index (χ3n) is 5.72. The molecule has 0 aliphatic carbocycles. The van der Waals surface area contributed by atoms with Crippen LogP contribution in [0.25, 0.3) is 10.9 Å². The molecule has 0 unspecified atom stereocenters. The number of nitrogens with one attached hydrogen (secondary N) is 3. The van der Waals surface area contributed by atoms with Crippen molar-refractivity contribution in [2.24, 2.45) is 0 Å². The van der Waals surface area contributed by atoms with E-state index >= 15 is 0 Å². The Morgan fingerprint density at radius 3 is 2.50 bits per heavy atom. The maximum atomic E-state index is 13.3. The summed E-state index contributed by atoms with van der Waals surface area (Å²) in [7, 11) is 0. The highest BCUT2D eigenvalue weighted by Crippen LogP contribution is 2.33. The van der Waals surface area contributed by atoms with Crippen LogP contribution in [0.5, 0.6) is 11.5 Å². The first-order valence-corrected chi connectivity index (χ1v) is 11.2. The van der Waals surface area contributed by atoms with Crippen molar-refractivity contribution in [1.29, 1.82) is 0 Å². The van der Waals surface area contributed by atoms with E-state index in [2.05, 4.69) is 15.6 Å². The molecule has 1 atom stereocenters. The Labute approximate surface area is 197 Å². The SMILES string of the molecule is Cc1ccc([C@@H](NC(=O)Cc2cc3ccccc3[nH]2)C(=O)Nc2ccc3c(c2)OCCO3)cc1. The van der Waals surface area contributed by atoms with Crippen molar-refractivity contribution >= 4 is 28.4 Å². The number of amides is 2.